The van der Waals surface area contributed by atoms with E-state index in [0.29, 0.717) is 11.3 Å². The fourth-order valence-corrected chi connectivity index (χ4v) is 3.06. The molecule has 2 rings (SSSR count). The second kappa shape index (κ2) is 6.59. The molecule has 2 aromatic rings. The molecule has 0 aliphatic carbocycles. The third-order valence-electron chi connectivity index (χ3n) is 3.09. The Kier molecular flexibility index (Phi) is 4.79. The highest BCUT2D eigenvalue weighted by Gasteiger charge is 2.21. The molecule has 0 aromatic heterocycles. The van der Waals surface area contributed by atoms with E-state index in [1.165, 1.54) is 42.7 Å². The van der Waals surface area contributed by atoms with Crippen molar-refractivity contribution in [2.45, 2.75) is 4.90 Å². The Morgan fingerprint density at radius 1 is 1.05 bits per heavy atom. The van der Waals surface area contributed by atoms with Crippen LogP contribution < -0.4 is 9.79 Å². The Morgan fingerprint density at radius 2 is 1.64 bits per heavy atom. The Morgan fingerprint density at radius 3 is 2.18 bits per heavy atom. The third kappa shape index (κ3) is 3.26. The quantitative estimate of drug-likeness (QED) is 0.853. The van der Waals surface area contributed by atoms with Crippen LogP contribution in [0.1, 0.15) is 10.4 Å². The molecule has 0 aliphatic heterocycles. The number of rotatable bonds is 5. The van der Waals surface area contributed by atoms with Gasteiger partial charge in [-0.2, -0.15) is 0 Å². The number of benzene rings is 2. The van der Waals surface area contributed by atoms with Crippen molar-refractivity contribution in [1.29, 1.82) is 0 Å². The zero-order valence-electron chi connectivity index (χ0n) is 12.2. The summed E-state index contributed by atoms with van der Waals surface area (Å²) in [5.41, 5.74) is 3.04. The molecule has 0 atom stereocenters. The molecular formula is C15H16N2O4S. The van der Waals surface area contributed by atoms with Gasteiger partial charge in [-0.1, -0.05) is 18.2 Å². The van der Waals surface area contributed by atoms with Crippen LogP contribution in [0.2, 0.25) is 0 Å². The summed E-state index contributed by atoms with van der Waals surface area (Å²) < 4.78 is 26.3. The number of nitrogens with zero attached hydrogens (tertiary/aromatic N) is 1. The topological polar surface area (TPSA) is 75.7 Å². The number of sulfonamides is 1. The molecule has 0 saturated heterocycles. The molecule has 0 heterocycles. The fraction of sp³-hybridized carbons (Fsp3) is 0.133. The highest BCUT2D eigenvalue weighted by atomic mass is 32.2. The van der Waals surface area contributed by atoms with Crippen molar-refractivity contribution < 1.29 is 18.0 Å². The molecule has 0 saturated carbocycles. The normalized spacial score (nSPS) is 11.0. The summed E-state index contributed by atoms with van der Waals surface area (Å²) in [6.07, 6.45) is 0. The molecule has 116 valence electrons. The van der Waals surface area contributed by atoms with Crippen LogP contribution in [0.25, 0.3) is 0 Å². The predicted molar refractivity (Wildman–Crippen MR) is 82.9 cm³/mol. The largest absolute Gasteiger partial charge is 0.277 e. The first-order valence-corrected chi connectivity index (χ1v) is 7.88. The van der Waals surface area contributed by atoms with E-state index in [0.717, 1.165) is 0 Å². The standard InChI is InChI=1S/C15H16N2O4S/c1-17(13-6-4-3-5-7-13)22(19,20)14-10-8-12(9-11-14)15(18)16-21-2/h3-11H,1-2H3,(H,16,18). The Hall–Kier alpha value is -2.38. The van der Waals surface area contributed by atoms with Crippen LogP contribution in [0.4, 0.5) is 5.69 Å². The number of para-hydroxylation sites is 1. The lowest BCUT2D eigenvalue weighted by molar-refractivity contribution is 0.0537. The summed E-state index contributed by atoms with van der Waals surface area (Å²) in [5, 5.41) is 0. The minimum Gasteiger partial charge on any atom is -0.277 e. The minimum absolute atomic E-state index is 0.104. The summed E-state index contributed by atoms with van der Waals surface area (Å²) in [7, 11) is -0.869. The van der Waals surface area contributed by atoms with Crippen LogP contribution in [0.5, 0.6) is 0 Å². The molecule has 0 unspecified atom stereocenters. The summed E-state index contributed by atoms with van der Waals surface area (Å²) in [6, 6.07) is 14.4. The maximum absolute atomic E-state index is 12.5. The average Bonchev–Trinajstić information content (AvgIpc) is 2.55. The van der Waals surface area contributed by atoms with Crippen molar-refractivity contribution in [2.24, 2.45) is 0 Å². The lowest BCUT2D eigenvalue weighted by Gasteiger charge is -2.19. The molecule has 0 bridgehead atoms. The van der Waals surface area contributed by atoms with Gasteiger partial charge in [-0.25, -0.2) is 13.9 Å². The molecule has 0 fully saturated rings. The van der Waals surface area contributed by atoms with Crippen molar-refractivity contribution in [3.63, 3.8) is 0 Å². The lowest BCUT2D eigenvalue weighted by Crippen LogP contribution is -2.26. The Labute approximate surface area is 129 Å². The third-order valence-corrected chi connectivity index (χ3v) is 4.89. The minimum atomic E-state index is -3.68. The van der Waals surface area contributed by atoms with Crippen LogP contribution in [-0.2, 0) is 14.9 Å². The molecule has 2 aromatic carbocycles. The van der Waals surface area contributed by atoms with E-state index in [4.69, 9.17) is 0 Å². The molecule has 1 N–H and O–H groups in total. The zero-order valence-corrected chi connectivity index (χ0v) is 13.0. The number of hydrogen-bond donors (Lipinski definition) is 1. The summed E-state index contributed by atoms with van der Waals surface area (Å²) in [6.45, 7) is 0. The maximum Gasteiger partial charge on any atom is 0.274 e. The number of carbonyl (C=O) groups is 1. The van der Waals surface area contributed by atoms with Gasteiger partial charge in [-0.05, 0) is 36.4 Å². The average molecular weight is 320 g/mol. The molecule has 7 heteroatoms. The van der Waals surface area contributed by atoms with Gasteiger partial charge in [-0.15, -0.1) is 0 Å². The number of carbonyl (C=O) groups excluding carboxylic acids is 1. The van der Waals surface area contributed by atoms with Crippen LogP contribution in [0.3, 0.4) is 0 Å². The zero-order chi connectivity index (χ0) is 16.2. The summed E-state index contributed by atoms with van der Waals surface area (Å²) in [5.74, 6) is -0.442. The van der Waals surface area contributed by atoms with Gasteiger partial charge in [-0.3, -0.25) is 13.9 Å². The number of nitrogens with one attached hydrogen (secondary N) is 1. The van der Waals surface area contributed by atoms with Gasteiger partial charge in [0.05, 0.1) is 17.7 Å². The van der Waals surface area contributed by atoms with Gasteiger partial charge >= 0.3 is 0 Å². The van der Waals surface area contributed by atoms with Gasteiger partial charge in [0, 0.05) is 12.6 Å². The first kappa shape index (κ1) is 16.0. The predicted octanol–water partition coefficient (Wildman–Crippen LogP) is 1.80. The molecule has 0 radical (unpaired) electrons. The monoisotopic (exact) mass is 320 g/mol. The number of amides is 1. The summed E-state index contributed by atoms with van der Waals surface area (Å²) >= 11 is 0. The van der Waals surface area contributed by atoms with E-state index >= 15 is 0 Å². The number of anilines is 1. The molecule has 6 nitrogen and oxygen atoms in total. The van der Waals surface area contributed by atoms with E-state index in [2.05, 4.69) is 10.3 Å². The molecular weight excluding hydrogens is 304 g/mol. The number of hydroxylamine groups is 1. The molecule has 0 spiro atoms. The van der Waals surface area contributed by atoms with Crippen LogP contribution in [0, 0.1) is 0 Å². The van der Waals surface area contributed by atoms with E-state index in [1.54, 1.807) is 24.3 Å². The Bertz CT molecular complexity index is 743. The molecule has 1 amide bonds. The van der Waals surface area contributed by atoms with Gasteiger partial charge in [0.2, 0.25) is 0 Å². The van der Waals surface area contributed by atoms with E-state index in [9.17, 15) is 13.2 Å². The first-order valence-electron chi connectivity index (χ1n) is 6.44. The molecule has 0 aliphatic rings. The smallest absolute Gasteiger partial charge is 0.274 e. The fourth-order valence-electron chi connectivity index (χ4n) is 1.86. The first-order chi connectivity index (χ1) is 10.5. The van der Waals surface area contributed by atoms with Crippen molar-refractivity contribution >= 4 is 21.6 Å². The highest BCUT2D eigenvalue weighted by Crippen LogP contribution is 2.21. The van der Waals surface area contributed by atoms with E-state index in [-0.39, 0.29) is 4.90 Å². The second-order valence-corrected chi connectivity index (χ2v) is 6.44. The van der Waals surface area contributed by atoms with E-state index in [1.807, 2.05) is 6.07 Å². The van der Waals surface area contributed by atoms with Crippen LogP contribution in [0.15, 0.2) is 59.5 Å². The van der Waals surface area contributed by atoms with Crippen molar-refractivity contribution in [2.75, 3.05) is 18.5 Å². The second-order valence-electron chi connectivity index (χ2n) is 4.47. The van der Waals surface area contributed by atoms with Gasteiger partial charge in [0.15, 0.2) is 0 Å². The van der Waals surface area contributed by atoms with Gasteiger partial charge in [0.1, 0.15) is 0 Å². The van der Waals surface area contributed by atoms with Crippen molar-refractivity contribution in [3.8, 4) is 0 Å². The van der Waals surface area contributed by atoms with Gasteiger partial charge < -0.3 is 0 Å². The summed E-state index contributed by atoms with van der Waals surface area (Å²) in [4.78, 5) is 16.2. The van der Waals surface area contributed by atoms with E-state index < -0.39 is 15.9 Å². The lowest BCUT2D eigenvalue weighted by atomic mass is 10.2. The number of hydrogen-bond acceptors (Lipinski definition) is 4. The maximum atomic E-state index is 12.5. The van der Waals surface area contributed by atoms with Crippen LogP contribution in [-0.4, -0.2) is 28.5 Å². The van der Waals surface area contributed by atoms with Crippen molar-refractivity contribution in [1.82, 2.24) is 5.48 Å². The van der Waals surface area contributed by atoms with Crippen LogP contribution >= 0.6 is 0 Å². The highest BCUT2D eigenvalue weighted by molar-refractivity contribution is 7.92. The Balaban J connectivity index is 2.28. The molecule has 22 heavy (non-hydrogen) atoms. The SMILES string of the molecule is CONC(=O)c1ccc(S(=O)(=O)N(C)c2ccccc2)cc1. The van der Waals surface area contributed by atoms with Gasteiger partial charge in [0.25, 0.3) is 15.9 Å². The van der Waals surface area contributed by atoms with Crippen molar-refractivity contribution in [3.05, 3.63) is 60.2 Å².